The van der Waals surface area contributed by atoms with E-state index in [4.69, 9.17) is 5.11 Å². The van der Waals surface area contributed by atoms with Crippen LogP contribution in [0.3, 0.4) is 0 Å². The van der Waals surface area contributed by atoms with Crippen molar-refractivity contribution in [1.29, 1.82) is 0 Å². The number of rotatable bonds is 5. The topological polar surface area (TPSA) is 32.3 Å². The molecule has 0 aromatic rings. The quantitative estimate of drug-likeness (QED) is 0.711. The van der Waals surface area contributed by atoms with Gasteiger partial charge in [0.15, 0.2) is 0 Å². The lowest BCUT2D eigenvalue weighted by Crippen LogP contribution is -2.38. The Kier molecular flexibility index (Phi) is 5.49. The molecule has 84 valence electrons. The molecule has 3 atom stereocenters. The fourth-order valence-electron chi connectivity index (χ4n) is 2.35. The van der Waals surface area contributed by atoms with Crippen LogP contribution < -0.4 is 5.32 Å². The van der Waals surface area contributed by atoms with Crippen molar-refractivity contribution in [2.24, 2.45) is 11.8 Å². The van der Waals surface area contributed by atoms with Gasteiger partial charge in [0.05, 0.1) is 6.61 Å². The maximum absolute atomic E-state index is 9.06. The fourth-order valence-corrected chi connectivity index (χ4v) is 2.35. The Balaban J connectivity index is 2.21. The minimum atomic E-state index is 0.275. The first kappa shape index (κ1) is 12.0. The van der Waals surface area contributed by atoms with Gasteiger partial charge in [0.2, 0.25) is 0 Å². The summed E-state index contributed by atoms with van der Waals surface area (Å²) in [4.78, 5) is 0. The molecule has 1 fully saturated rings. The van der Waals surface area contributed by atoms with E-state index in [9.17, 15) is 0 Å². The molecule has 2 heteroatoms. The monoisotopic (exact) mass is 199 g/mol. The third-order valence-electron chi connectivity index (χ3n) is 3.67. The minimum absolute atomic E-state index is 0.275. The summed E-state index contributed by atoms with van der Waals surface area (Å²) in [6.45, 7) is 5.86. The second-order valence-corrected chi connectivity index (χ2v) is 4.72. The zero-order chi connectivity index (χ0) is 10.4. The number of hydrogen-bond donors (Lipinski definition) is 2. The fraction of sp³-hybridized carbons (Fsp3) is 1.00. The summed E-state index contributed by atoms with van der Waals surface area (Å²) in [5, 5.41) is 12.5. The Morgan fingerprint density at radius 3 is 2.64 bits per heavy atom. The molecule has 0 saturated heterocycles. The zero-order valence-electron chi connectivity index (χ0n) is 9.63. The third kappa shape index (κ3) is 3.58. The van der Waals surface area contributed by atoms with Gasteiger partial charge in [-0.15, -0.1) is 0 Å². The molecule has 1 saturated carbocycles. The molecule has 2 N–H and O–H groups in total. The van der Waals surface area contributed by atoms with Gasteiger partial charge in [-0.25, -0.2) is 0 Å². The molecule has 2 nitrogen and oxygen atoms in total. The largest absolute Gasteiger partial charge is 0.395 e. The molecule has 0 bridgehead atoms. The molecule has 0 amide bonds. The van der Waals surface area contributed by atoms with Gasteiger partial charge in [0.25, 0.3) is 0 Å². The number of aliphatic hydroxyl groups excluding tert-OH is 1. The van der Waals surface area contributed by atoms with E-state index < -0.39 is 0 Å². The van der Waals surface area contributed by atoms with Crippen molar-refractivity contribution in [2.75, 3.05) is 13.2 Å². The van der Waals surface area contributed by atoms with E-state index in [1.165, 1.54) is 25.7 Å². The average molecular weight is 199 g/mol. The highest BCUT2D eigenvalue weighted by Crippen LogP contribution is 2.28. The van der Waals surface area contributed by atoms with Gasteiger partial charge in [-0.2, -0.15) is 0 Å². The predicted octanol–water partition coefficient (Wildman–Crippen LogP) is 2.17. The third-order valence-corrected chi connectivity index (χ3v) is 3.67. The van der Waals surface area contributed by atoms with Crippen LogP contribution in [0.15, 0.2) is 0 Å². The molecule has 1 rings (SSSR count). The van der Waals surface area contributed by atoms with E-state index in [2.05, 4.69) is 19.2 Å². The summed E-state index contributed by atoms with van der Waals surface area (Å²) in [6.07, 6.45) is 6.59. The maximum atomic E-state index is 9.06. The standard InChI is InChI=1S/C12H25NO/c1-3-12(9-14)13-8-11-7-5-4-6-10(11)2/h10-14H,3-9H2,1-2H3/t10?,11?,12-/m1/s1. The number of nitrogens with one attached hydrogen (secondary N) is 1. The number of hydrogen-bond acceptors (Lipinski definition) is 2. The van der Waals surface area contributed by atoms with Crippen molar-refractivity contribution < 1.29 is 5.11 Å². The lowest BCUT2D eigenvalue weighted by atomic mass is 9.80. The van der Waals surface area contributed by atoms with E-state index in [1.54, 1.807) is 0 Å². The van der Waals surface area contributed by atoms with Gasteiger partial charge in [0.1, 0.15) is 0 Å². The Labute approximate surface area is 88.1 Å². The molecule has 14 heavy (non-hydrogen) atoms. The second kappa shape index (κ2) is 6.41. The normalized spacial score (nSPS) is 30.2. The van der Waals surface area contributed by atoms with Crippen LogP contribution in [0.2, 0.25) is 0 Å². The average Bonchev–Trinajstić information content (AvgIpc) is 2.22. The molecule has 0 aliphatic heterocycles. The Morgan fingerprint density at radius 1 is 1.36 bits per heavy atom. The first-order chi connectivity index (χ1) is 6.77. The van der Waals surface area contributed by atoms with Gasteiger partial charge in [0, 0.05) is 6.04 Å². The lowest BCUT2D eigenvalue weighted by molar-refractivity contribution is 0.204. The van der Waals surface area contributed by atoms with Crippen molar-refractivity contribution in [3.05, 3.63) is 0 Å². The maximum Gasteiger partial charge on any atom is 0.0584 e. The highest BCUT2D eigenvalue weighted by Gasteiger charge is 2.21. The first-order valence-electron chi connectivity index (χ1n) is 6.12. The zero-order valence-corrected chi connectivity index (χ0v) is 9.63. The van der Waals surface area contributed by atoms with E-state index >= 15 is 0 Å². The van der Waals surface area contributed by atoms with Crippen molar-refractivity contribution in [3.63, 3.8) is 0 Å². The van der Waals surface area contributed by atoms with Crippen LogP contribution in [0.4, 0.5) is 0 Å². The molecule has 0 radical (unpaired) electrons. The lowest BCUT2D eigenvalue weighted by Gasteiger charge is -2.30. The van der Waals surface area contributed by atoms with E-state index in [0.717, 1.165) is 24.8 Å². The van der Waals surface area contributed by atoms with Crippen LogP contribution in [0, 0.1) is 11.8 Å². The van der Waals surface area contributed by atoms with Gasteiger partial charge in [-0.1, -0.05) is 33.1 Å². The SMILES string of the molecule is CC[C@H](CO)NCC1CCCCC1C. The Bertz CT molecular complexity index is 145. The molecule has 0 aromatic carbocycles. The van der Waals surface area contributed by atoms with Crippen molar-refractivity contribution in [2.45, 2.75) is 52.0 Å². The molecule has 0 aromatic heterocycles. The summed E-state index contributed by atoms with van der Waals surface area (Å²) in [6, 6.07) is 0.309. The molecular weight excluding hydrogens is 174 g/mol. The van der Waals surface area contributed by atoms with Crippen LogP contribution in [-0.4, -0.2) is 24.3 Å². The summed E-state index contributed by atoms with van der Waals surface area (Å²) in [5.74, 6) is 1.71. The summed E-state index contributed by atoms with van der Waals surface area (Å²) >= 11 is 0. The summed E-state index contributed by atoms with van der Waals surface area (Å²) < 4.78 is 0. The highest BCUT2D eigenvalue weighted by atomic mass is 16.3. The summed E-state index contributed by atoms with van der Waals surface area (Å²) in [7, 11) is 0. The number of aliphatic hydroxyl groups is 1. The van der Waals surface area contributed by atoms with Crippen LogP contribution in [0.5, 0.6) is 0 Å². The Morgan fingerprint density at radius 2 is 2.07 bits per heavy atom. The van der Waals surface area contributed by atoms with Crippen LogP contribution in [0.1, 0.15) is 46.0 Å². The highest BCUT2D eigenvalue weighted by molar-refractivity contribution is 4.76. The summed E-state index contributed by atoms with van der Waals surface area (Å²) in [5.41, 5.74) is 0. The predicted molar refractivity (Wildman–Crippen MR) is 60.3 cm³/mol. The molecule has 1 aliphatic rings. The van der Waals surface area contributed by atoms with Gasteiger partial charge in [-0.05, 0) is 31.2 Å². The van der Waals surface area contributed by atoms with E-state index in [-0.39, 0.29) is 6.61 Å². The smallest absolute Gasteiger partial charge is 0.0584 e. The molecule has 1 aliphatic carbocycles. The van der Waals surface area contributed by atoms with Crippen LogP contribution >= 0.6 is 0 Å². The van der Waals surface area contributed by atoms with Crippen LogP contribution in [0.25, 0.3) is 0 Å². The van der Waals surface area contributed by atoms with Gasteiger partial charge < -0.3 is 10.4 Å². The van der Waals surface area contributed by atoms with Gasteiger partial charge >= 0.3 is 0 Å². The molecule has 2 unspecified atom stereocenters. The molecular formula is C12H25NO. The second-order valence-electron chi connectivity index (χ2n) is 4.72. The van der Waals surface area contributed by atoms with Crippen molar-refractivity contribution in [3.8, 4) is 0 Å². The van der Waals surface area contributed by atoms with Crippen molar-refractivity contribution in [1.82, 2.24) is 5.32 Å². The van der Waals surface area contributed by atoms with Crippen molar-refractivity contribution >= 4 is 0 Å². The van der Waals surface area contributed by atoms with E-state index in [0.29, 0.717) is 6.04 Å². The van der Waals surface area contributed by atoms with Crippen LogP contribution in [-0.2, 0) is 0 Å². The van der Waals surface area contributed by atoms with E-state index in [1.807, 2.05) is 0 Å². The van der Waals surface area contributed by atoms with Gasteiger partial charge in [-0.3, -0.25) is 0 Å². The molecule has 0 spiro atoms. The first-order valence-corrected chi connectivity index (χ1v) is 6.12. The molecule has 0 heterocycles. The minimum Gasteiger partial charge on any atom is -0.395 e. The Hall–Kier alpha value is -0.0800.